The van der Waals surface area contributed by atoms with Gasteiger partial charge < -0.3 is 19.2 Å². The van der Waals surface area contributed by atoms with E-state index in [-0.39, 0.29) is 18.2 Å². The van der Waals surface area contributed by atoms with Crippen molar-refractivity contribution in [2.24, 2.45) is 4.99 Å². The fourth-order valence-electron chi connectivity index (χ4n) is 2.87. The fourth-order valence-corrected chi connectivity index (χ4v) is 2.87. The third-order valence-electron chi connectivity index (χ3n) is 4.26. The van der Waals surface area contributed by atoms with Crippen molar-refractivity contribution in [1.29, 1.82) is 0 Å². The number of nitrogens with one attached hydrogen (secondary N) is 1. The Morgan fingerprint density at radius 3 is 2.64 bits per heavy atom. The maximum absolute atomic E-state index is 12.2. The number of fused-ring (bicyclic) bond motifs is 1. The van der Waals surface area contributed by atoms with Gasteiger partial charge in [-0.25, -0.2) is 0 Å². The molecule has 0 amide bonds. The molecular formula is C20H15N3O5. The minimum atomic E-state index is -0.565. The number of pyridine rings is 1. The Morgan fingerprint density at radius 2 is 1.89 bits per heavy atom. The summed E-state index contributed by atoms with van der Waals surface area (Å²) in [7, 11) is 0. The van der Waals surface area contributed by atoms with Crippen LogP contribution >= 0.6 is 0 Å². The Labute approximate surface area is 157 Å². The molecule has 3 N–H and O–H groups in total. The summed E-state index contributed by atoms with van der Waals surface area (Å²) in [6.07, 6.45) is 6.09. The first-order valence-electron chi connectivity index (χ1n) is 8.36. The summed E-state index contributed by atoms with van der Waals surface area (Å²) in [5.41, 5.74) is 0.185. The van der Waals surface area contributed by atoms with Gasteiger partial charge in [0.05, 0.1) is 12.1 Å². The van der Waals surface area contributed by atoms with Crippen LogP contribution in [-0.4, -0.2) is 26.0 Å². The zero-order valence-corrected chi connectivity index (χ0v) is 14.5. The molecule has 0 radical (unpaired) electrons. The number of aliphatic imine (C=N–C) groups is 1. The molecule has 0 saturated carbocycles. The second-order valence-electron chi connectivity index (χ2n) is 6.10. The second kappa shape index (κ2) is 6.92. The van der Waals surface area contributed by atoms with Gasteiger partial charge in [-0.05, 0) is 30.3 Å². The highest BCUT2D eigenvalue weighted by Crippen LogP contribution is 2.24. The third kappa shape index (κ3) is 3.18. The lowest BCUT2D eigenvalue weighted by atomic mass is 10.1. The van der Waals surface area contributed by atoms with Gasteiger partial charge >= 0.3 is 0 Å². The third-order valence-corrected chi connectivity index (χ3v) is 4.26. The summed E-state index contributed by atoms with van der Waals surface area (Å²) < 4.78 is 6.97. The Bertz CT molecular complexity index is 1300. The topological polar surface area (TPSA) is 121 Å². The quantitative estimate of drug-likeness (QED) is 0.471. The van der Waals surface area contributed by atoms with E-state index in [1.165, 1.54) is 6.21 Å². The zero-order valence-electron chi connectivity index (χ0n) is 14.5. The number of aromatic amines is 1. The molecule has 8 heteroatoms. The van der Waals surface area contributed by atoms with Crippen molar-refractivity contribution >= 4 is 17.0 Å². The molecule has 3 heterocycles. The largest absolute Gasteiger partial charge is 0.502 e. The molecule has 140 valence electrons. The number of benzene rings is 1. The summed E-state index contributed by atoms with van der Waals surface area (Å²) in [6.45, 7) is 0.0207. The average Bonchev–Trinajstić information content (AvgIpc) is 3.21. The molecule has 0 aliphatic carbocycles. The Balaban J connectivity index is 1.76. The fraction of sp³-hybridized carbons (Fsp3) is 0.0500. The summed E-state index contributed by atoms with van der Waals surface area (Å²) >= 11 is 0. The number of hydrogen-bond donors (Lipinski definition) is 3. The lowest BCUT2D eigenvalue weighted by Gasteiger charge is -2.08. The minimum absolute atomic E-state index is 0.0207. The van der Waals surface area contributed by atoms with Crippen LogP contribution in [0.25, 0.3) is 16.5 Å². The van der Waals surface area contributed by atoms with Gasteiger partial charge in [-0.2, -0.15) is 0 Å². The Kier molecular flexibility index (Phi) is 4.29. The smallest absolute Gasteiger partial charge is 0.258 e. The van der Waals surface area contributed by atoms with Crippen molar-refractivity contribution in [3.63, 3.8) is 0 Å². The molecule has 0 saturated heterocycles. The maximum atomic E-state index is 12.2. The first-order valence-corrected chi connectivity index (χ1v) is 8.36. The van der Waals surface area contributed by atoms with Gasteiger partial charge in [0.2, 0.25) is 11.3 Å². The molecule has 28 heavy (non-hydrogen) atoms. The van der Waals surface area contributed by atoms with Crippen molar-refractivity contribution < 1.29 is 14.6 Å². The van der Waals surface area contributed by atoms with E-state index in [4.69, 9.17) is 4.42 Å². The minimum Gasteiger partial charge on any atom is -0.502 e. The molecule has 0 unspecified atom stereocenters. The van der Waals surface area contributed by atoms with Crippen LogP contribution in [0.4, 0.5) is 0 Å². The molecule has 0 aliphatic heterocycles. The van der Waals surface area contributed by atoms with E-state index in [9.17, 15) is 19.8 Å². The van der Waals surface area contributed by atoms with Gasteiger partial charge in [0.25, 0.3) is 5.56 Å². The first kappa shape index (κ1) is 17.3. The SMILES string of the molecule is O=c1cc(CN=Cc2c(O)[nH]c(=O)c3ccc(-n4cccc4)cc23)occ1O. The second-order valence-corrected chi connectivity index (χ2v) is 6.10. The molecule has 0 atom stereocenters. The number of aromatic hydroxyl groups is 2. The van der Waals surface area contributed by atoms with Gasteiger partial charge in [0, 0.05) is 41.1 Å². The molecule has 3 aromatic heterocycles. The van der Waals surface area contributed by atoms with Crippen molar-refractivity contribution in [2.75, 3.05) is 0 Å². The number of hydrogen-bond acceptors (Lipinski definition) is 6. The van der Waals surface area contributed by atoms with E-state index in [1.807, 2.05) is 29.1 Å². The Hall–Kier alpha value is -4.07. The van der Waals surface area contributed by atoms with Gasteiger partial charge in [-0.3, -0.25) is 19.6 Å². The van der Waals surface area contributed by atoms with Crippen LogP contribution in [-0.2, 0) is 6.54 Å². The zero-order chi connectivity index (χ0) is 19.7. The monoisotopic (exact) mass is 377 g/mol. The first-order chi connectivity index (χ1) is 13.5. The summed E-state index contributed by atoms with van der Waals surface area (Å²) in [5.74, 6) is -0.534. The van der Waals surface area contributed by atoms with Gasteiger partial charge in [-0.15, -0.1) is 0 Å². The highest BCUT2D eigenvalue weighted by Gasteiger charge is 2.11. The lowest BCUT2D eigenvalue weighted by Crippen LogP contribution is -2.08. The van der Waals surface area contributed by atoms with E-state index in [0.717, 1.165) is 18.0 Å². The summed E-state index contributed by atoms with van der Waals surface area (Å²) in [6, 6.07) is 10.2. The molecule has 8 nitrogen and oxygen atoms in total. The van der Waals surface area contributed by atoms with E-state index >= 15 is 0 Å². The highest BCUT2D eigenvalue weighted by molar-refractivity contribution is 6.02. The predicted octanol–water partition coefficient (Wildman–Crippen LogP) is 2.30. The van der Waals surface area contributed by atoms with E-state index in [2.05, 4.69) is 9.98 Å². The van der Waals surface area contributed by atoms with Crippen LogP contribution in [0.1, 0.15) is 11.3 Å². The van der Waals surface area contributed by atoms with Crippen LogP contribution in [0.2, 0.25) is 0 Å². The molecule has 0 bridgehead atoms. The van der Waals surface area contributed by atoms with Crippen molar-refractivity contribution in [3.8, 4) is 17.3 Å². The lowest BCUT2D eigenvalue weighted by molar-refractivity contribution is 0.414. The van der Waals surface area contributed by atoms with Crippen LogP contribution in [0.15, 0.2) is 74.1 Å². The number of rotatable bonds is 4. The predicted molar refractivity (Wildman–Crippen MR) is 104 cm³/mol. The highest BCUT2D eigenvalue weighted by atomic mass is 16.4. The summed E-state index contributed by atoms with van der Waals surface area (Å²) in [4.78, 5) is 30.2. The van der Waals surface area contributed by atoms with Crippen LogP contribution in [0.5, 0.6) is 11.6 Å². The van der Waals surface area contributed by atoms with Crippen LogP contribution in [0.3, 0.4) is 0 Å². The molecule has 0 spiro atoms. The van der Waals surface area contributed by atoms with E-state index in [1.54, 1.807) is 18.2 Å². The Morgan fingerprint density at radius 1 is 1.11 bits per heavy atom. The van der Waals surface area contributed by atoms with E-state index < -0.39 is 16.7 Å². The number of H-pyrrole nitrogens is 1. The molecule has 4 rings (SSSR count). The van der Waals surface area contributed by atoms with Crippen molar-refractivity contribution in [3.05, 3.63) is 87.0 Å². The molecule has 4 aromatic rings. The van der Waals surface area contributed by atoms with Crippen molar-refractivity contribution in [2.45, 2.75) is 6.54 Å². The van der Waals surface area contributed by atoms with Gasteiger partial charge in [-0.1, -0.05) is 0 Å². The molecule has 0 fully saturated rings. The number of aromatic nitrogens is 2. The van der Waals surface area contributed by atoms with E-state index in [0.29, 0.717) is 16.3 Å². The maximum Gasteiger partial charge on any atom is 0.258 e. The standard InChI is InChI=1S/C20H15N3O5/c24-17-8-13(28-11-18(17)25)9-21-10-16-15-7-12(23-5-1-2-6-23)3-4-14(15)19(26)22-20(16)27/h1-8,10-11,25H,9H2,(H2,22,26,27). The number of nitrogens with zero attached hydrogens (tertiary/aromatic N) is 2. The normalized spacial score (nSPS) is 11.4. The molecule has 1 aromatic carbocycles. The molecule has 0 aliphatic rings. The van der Waals surface area contributed by atoms with Gasteiger partial charge in [0.15, 0.2) is 5.75 Å². The average molecular weight is 377 g/mol. The summed E-state index contributed by atoms with van der Waals surface area (Å²) in [5, 5.41) is 20.4. The van der Waals surface area contributed by atoms with Crippen LogP contribution in [0, 0.1) is 0 Å². The van der Waals surface area contributed by atoms with Gasteiger partial charge in [0.1, 0.15) is 12.0 Å². The van der Waals surface area contributed by atoms with Crippen molar-refractivity contribution in [1.82, 2.24) is 9.55 Å². The van der Waals surface area contributed by atoms with Crippen LogP contribution < -0.4 is 11.0 Å². The molecular weight excluding hydrogens is 362 g/mol.